The van der Waals surface area contributed by atoms with Crippen LogP contribution in [0.4, 0.5) is 11.4 Å². The van der Waals surface area contributed by atoms with Crippen LogP contribution in [0.5, 0.6) is 0 Å². The van der Waals surface area contributed by atoms with Gasteiger partial charge in [-0.1, -0.05) is 42.5 Å². The fourth-order valence-corrected chi connectivity index (χ4v) is 4.98. The van der Waals surface area contributed by atoms with Gasteiger partial charge in [0.2, 0.25) is 17.7 Å². The number of anilines is 2. The molecule has 2 aromatic rings. The maximum atomic E-state index is 13.0. The molecule has 5 rings (SSSR count). The maximum Gasteiger partial charge on any atom is 0.248 e. The molecule has 0 aromatic heterocycles. The van der Waals surface area contributed by atoms with Crippen molar-refractivity contribution in [3.05, 3.63) is 77.9 Å². The van der Waals surface area contributed by atoms with E-state index in [0.29, 0.717) is 5.69 Å². The van der Waals surface area contributed by atoms with Gasteiger partial charge in [-0.25, -0.2) is 4.90 Å². The third-order valence-corrected chi connectivity index (χ3v) is 6.43. The van der Waals surface area contributed by atoms with Gasteiger partial charge in [-0.05, 0) is 60.6 Å². The highest BCUT2D eigenvalue weighted by Crippen LogP contribution is 2.53. The number of rotatable bonds is 4. The molecule has 5 heteroatoms. The van der Waals surface area contributed by atoms with E-state index in [-0.39, 0.29) is 41.4 Å². The molecule has 1 saturated heterocycles. The van der Waals surface area contributed by atoms with Gasteiger partial charge < -0.3 is 5.32 Å². The van der Waals surface area contributed by atoms with Crippen LogP contribution in [0.25, 0.3) is 6.08 Å². The second-order valence-electron chi connectivity index (χ2n) is 8.24. The molecule has 0 radical (unpaired) electrons. The standard InChI is InChI=1S/C25H22N2O3/c1-15-5-2-3-8-20(15)26-21(28)12-9-16-6-4-7-19(13-16)27-24(29)22-17-10-11-18(14-17)23(22)25(27)30/h2-13,17-18,22-23H,14H2,1H3,(H,26,28)/b12-9-/t17-,18+,22-,23-/m0/s1. The SMILES string of the molecule is Cc1ccccc1NC(=O)/C=C\c1cccc(N2C(=O)[C@@H]3[C@@H](C2=O)[C@H]2C=C[C@@H]3C2)c1. The van der Waals surface area contributed by atoms with E-state index in [1.54, 1.807) is 24.3 Å². The summed E-state index contributed by atoms with van der Waals surface area (Å²) in [4.78, 5) is 39.6. The number of hydrogen-bond donors (Lipinski definition) is 1. The first-order valence-corrected chi connectivity index (χ1v) is 10.2. The molecule has 1 N–H and O–H groups in total. The molecule has 3 amide bonds. The molecule has 3 aliphatic rings. The summed E-state index contributed by atoms with van der Waals surface area (Å²) < 4.78 is 0. The van der Waals surface area contributed by atoms with Gasteiger partial charge in [0.25, 0.3) is 0 Å². The molecule has 2 aromatic carbocycles. The van der Waals surface area contributed by atoms with Crippen molar-refractivity contribution in [3.63, 3.8) is 0 Å². The first-order chi connectivity index (χ1) is 14.5. The predicted molar refractivity (Wildman–Crippen MR) is 115 cm³/mol. The molecule has 5 nitrogen and oxygen atoms in total. The number of hydrogen-bond acceptors (Lipinski definition) is 3. The van der Waals surface area contributed by atoms with E-state index in [2.05, 4.69) is 17.5 Å². The lowest BCUT2D eigenvalue weighted by atomic mass is 9.85. The van der Waals surface area contributed by atoms with Crippen LogP contribution < -0.4 is 10.2 Å². The highest BCUT2D eigenvalue weighted by Gasteiger charge is 2.59. The smallest absolute Gasteiger partial charge is 0.248 e. The number of amides is 3. The van der Waals surface area contributed by atoms with Gasteiger partial charge in [0.1, 0.15) is 0 Å². The first-order valence-electron chi connectivity index (χ1n) is 10.2. The summed E-state index contributed by atoms with van der Waals surface area (Å²) in [5, 5.41) is 2.86. The second kappa shape index (κ2) is 7.10. The quantitative estimate of drug-likeness (QED) is 0.482. The number of fused-ring (bicyclic) bond motifs is 5. The number of para-hydroxylation sites is 1. The van der Waals surface area contributed by atoms with Crippen LogP contribution in [0.2, 0.25) is 0 Å². The molecule has 30 heavy (non-hydrogen) atoms. The van der Waals surface area contributed by atoms with E-state index in [0.717, 1.165) is 23.2 Å². The molecule has 4 atom stereocenters. The largest absolute Gasteiger partial charge is 0.322 e. The third kappa shape index (κ3) is 2.98. The Morgan fingerprint density at radius 2 is 1.70 bits per heavy atom. The van der Waals surface area contributed by atoms with Gasteiger partial charge in [-0.2, -0.15) is 0 Å². The minimum Gasteiger partial charge on any atom is -0.322 e. The monoisotopic (exact) mass is 398 g/mol. The fourth-order valence-electron chi connectivity index (χ4n) is 4.98. The first kappa shape index (κ1) is 18.6. The number of aryl methyl sites for hydroxylation is 1. The Bertz CT molecular complexity index is 1090. The maximum absolute atomic E-state index is 13.0. The Balaban J connectivity index is 1.33. The Morgan fingerprint density at radius 1 is 1.00 bits per heavy atom. The molecule has 2 aliphatic carbocycles. The average molecular weight is 398 g/mol. The van der Waals surface area contributed by atoms with Gasteiger partial charge in [0.15, 0.2) is 0 Å². The molecule has 150 valence electrons. The van der Waals surface area contributed by atoms with Crippen molar-refractivity contribution >= 4 is 35.2 Å². The van der Waals surface area contributed by atoms with Crippen molar-refractivity contribution in [2.75, 3.05) is 10.2 Å². The van der Waals surface area contributed by atoms with Crippen LogP contribution in [0, 0.1) is 30.6 Å². The van der Waals surface area contributed by atoms with Gasteiger partial charge >= 0.3 is 0 Å². The van der Waals surface area contributed by atoms with Crippen molar-refractivity contribution in [3.8, 4) is 0 Å². The van der Waals surface area contributed by atoms with E-state index in [1.165, 1.54) is 11.0 Å². The zero-order valence-corrected chi connectivity index (χ0v) is 16.6. The summed E-state index contributed by atoms with van der Waals surface area (Å²) in [5.41, 5.74) is 3.08. The minimum atomic E-state index is -0.236. The van der Waals surface area contributed by atoms with E-state index >= 15 is 0 Å². The van der Waals surface area contributed by atoms with E-state index in [4.69, 9.17) is 0 Å². The zero-order chi connectivity index (χ0) is 20.8. The summed E-state index contributed by atoms with van der Waals surface area (Å²) in [6, 6.07) is 14.8. The average Bonchev–Trinajstić information content (AvgIpc) is 3.42. The zero-order valence-electron chi connectivity index (χ0n) is 16.6. The van der Waals surface area contributed by atoms with E-state index in [9.17, 15) is 14.4 Å². The number of nitrogens with one attached hydrogen (secondary N) is 1. The molecule has 0 unspecified atom stereocenters. The highest BCUT2D eigenvalue weighted by atomic mass is 16.2. The Labute approximate surface area is 175 Å². The molecule has 0 spiro atoms. The van der Waals surface area contributed by atoms with Crippen LogP contribution in [0.15, 0.2) is 66.8 Å². The Morgan fingerprint density at radius 3 is 2.40 bits per heavy atom. The normalized spacial score (nSPS) is 26.6. The number of carbonyl (C=O) groups is 3. The number of imide groups is 1. The summed E-state index contributed by atoms with van der Waals surface area (Å²) >= 11 is 0. The lowest BCUT2D eigenvalue weighted by Crippen LogP contribution is -2.32. The van der Waals surface area contributed by atoms with E-state index < -0.39 is 0 Å². The number of allylic oxidation sites excluding steroid dienone is 2. The van der Waals surface area contributed by atoms with Gasteiger partial charge in [0.05, 0.1) is 17.5 Å². The van der Waals surface area contributed by atoms with Crippen molar-refractivity contribution in [1.82, 2.24) is 0 Å². The Kier molecular flexibility index (Phi) is 4.39. The van der Waals surface area contributed by atoms with Crippen LogP contribution >= 0.6 is 0 Å². The lowest BCUT2D eigenvalue weighted by Gasteiger charge is -2.17. The molecular formula is C25H22N2O3. The van der Waals surface area contributed by atoms with Crippen LogP contribution in [-0.4, -0.2) is 17.7 Å². The third-order valence-electron chi connectivity index (χ3n) is 6.43. The molecule has 1 heterocycles. The molecule has 1 saturated carbocycles. The molecular weight excluding hydrogens is 376 g/mol. The van der Waals surface area contributed by atoms with Crippen LogP contribution in [-0.2, 0) is 14.4 Å². The molecule has 1 aliphatic heterocycles. The van der Waals surface area contributed by atoms with Crippen LogP contribution in [0.3, 0.4) is 0 Å². The second-order valence-corrected chi connectivity index (χ2v) is 8.24. The van der Waals surface area contributed by atoms with Gasteiger partial charge in [0, 0.05) is 11.8 Å². The number of benzene rings is 2. The number of nitrogens with zero attached hydrogens (tertiary/aromatic N) is 1. The lowest BCUT2D eigenvalue weighted by molar-refractivity contribution is -0.123. The van der Waals surface area contributed by atoms with Crippen molar-refractivity contribution in [1.29, 1.82) is 0 Å². The van der Waals surface area contributed by atoms with Gasteiger partial charge in [-0.15, -0.1) is 0 Å². The molecule has 2 bridgehead atoms. The van der Waals surface area contributed by atoms with Gasteiger partial charge in [-0.3, -0.25) is 14.4 Å². The van der Waals surface area contributed by atoms with Crippen molar-refractivity contribution in [2.24, 2.45) is 23.7 Å². The Hall–Kier alpha value is -3.47. The summed E-state index contributed by atoms with van der Waals surface area (Å²) in [6.45, 7) is 1.93. The van der Waals surface area contributed by atoms with E-state index in [1.807, 2.05) is 37.3 Å². The summed E-state index contributed by atoms with van der Waals surface area (Å²) in [5.74, 6) is -0.483. The molecule has 2 fully saturated rings. The van der Waals surface area contributed by atoms with Crippen molar-refractivity contribution in [2.45, 2.75) is 13.3 Å². The highest BCUT2D eigenvalue weighted by molar-refractivity contribution is 6.22. The van der Waals surface area contributed by atoms with Crippen LogP contribution in [0.1, 0.15) is 17.5 Å². The summed E-state index contributed by atoms with van der Waals surface area (Å²) in [7, 11) is 0. The topological polar surface area (TPSA) is 66.5 Å². The number of carbonyl (C=O) groups excluding carboxylic acids is 3. The minimum absolute atomic E-state index is 0.0970. The van der Waals surface area contributed by atoms with Crippen molar-refractivity contribution < 1.29 is 14.4 Å². The predicted octanol–water partition coefficient (Wildman–Crippen LogP) is 3.96. The summed E-state index contributed by atoms with van der Waals surface area (Å²) in [6.07, 6.45) is 8.24. The fraction of sp³-hybridized carbons (Fsp3) is 0.240.